The third-order valence-corrected chi connectivity index (χ3v) is 5.33. The van der Waals surface area contributed by atoms with E-state index in [1.54, 1.807) is 11.3 Å². The molecular formula is C19H19N3O3S. The number of ether oxygens (including phenoxy) is 2. The molecule has 7 heteroatoms. The van der Waals surface area contributed by atoms with E-state index in [4.69, 9.17) is 9.47 Å². The van der Waals surface area contributed by atoms with Gasteiger partial charge in [0.15, 0.2) is 6.61 Å². The lowest BCUT2D eigenvalue weighted by molar-refractivity contribution is -0.123. The maximum atomic E-state index is 12.0. The molecule has 1 N–H and O–H groups in total. The van der Waals surface area contributed by atoms with Gasteiger partial charge in [-0.05, 0) is 24.5 Å². The van der Waals surface area contributed by atoms with Crippen LogP contribution in [-0.2, 0) is 9.53 Å². The van der Waals surface area contributed by atoms with Crippen molar-refractivity contribution in [3.05, 3.63) is 42.7 Å². The molecule has 3 heterocycles. The van der Waals surface area contributed by atoms with Gasteiger partial charge in [0.05, 0.1) is 11.5 Å². The number of rotatable bonds is 6. The highest BCUT2D eigenvalue weighted by molar-refractivity contribution is 7.21. The van der Waals surface area contributed by atoms with Gasteiger partial charge in [0.1, 0.15) is 11.2 Å². The first-order chi connectivity index (χ1) is 12.8. The smallest absolute Gasteiger partial charge is 0.258 e. The fraction of sp³-hybridized carbons (Fsp3) is 0.316. The summed E-state index contributed by atoms with van der Waals surface area (Å²) in [5.74, 6) is 0.256. The summed E-state index contributed by atoms with van der Waals surface area (Å²) in [7, 11) is 0. The Morgan fingerprint density at radius 1 is 1.31 bits per heavy atom. The molecule has 1 fully saturated rings. The van der Waals surface area contributed by atoms with Crippen LogP contribution in [0.1, 0.15) is 12.8 Å². The highest BCUT2D eigenvalue weighted by Crippen LogP contribution is 2.35. The molecule has 1 amide bonds. The Bertz CT molecular complexity index is 891. The summed E-state index contributed by atoms with van der Waals surface area (Å²) in [6, 6.07) is 12.1. The van der Waals surface area contributed by atoms with Crippen molar-refractivity contribution in [1.29, 1.82) is 0 Å². The highest BCUT2D eigenvalue weighted by atomic mass is 32.1. The van der Waals surface area contributed by atoms with Gasteiger partial charge < -0.3 is 14.8 Å². The summed E-state index contributed by atoms with van der Waals surface area (Å²) in [5, 5.41) is 3.67. The monoisotopic (exact) mass is 369 g/mol. The lowest BCUT2D eigenvalue weighted by atomic mass is 10.2. The number of nitrogens with zero attached hydrogens (tertiary/aromatic N) is 2. The number of carbonyl (C=O) groups is 1. The second-order valence-electron chi connectivity index (χ2n) is 6.10. The number of benzene rings is 1. The van der Waals surface area contributed by atoms with E-state index in [-0.39, 0.29) is 18.6 Å². The van der Waals surface area contributed by atoms with E-state index in [1.807, 2.05) is 24.3 Å². The molecule has 0 spiro atoms. The first-order valence-electron chi connectivity index (χ1n) is 8.60. The number of hydrogen-bond donors (Lipinski definition) is 1. The van der Waals surface area contributed by atoms with Gasteiger partial charge in [0.2, 0.25) is 5.88 Å². The molecule has 134 valence electrons. The number of amides is 1. The van der Waals surface area contributed by atoms with E-state index >= 15 is 0 Å². The van der Waals surface area contributed by atoms with Crippen molar-refractivity contribution in [2.75, 3.05) is 19.8 Å². The molecule has 1 aromatic carbocycles. The minimum Gasteiger partial charge on any atom is -0.467 e. The van der Waals surface area contributed by atoms with Crippen LogP contribution in [0, 0.1) is 0 Å². The molecule has 0 unspecified atom stereocenters. The number of hydrogen-bond acceptors (Lipinski definition) is 6. The van der Waals surface area contributed by atoms with E-state index in [0.29, 0.717) is 12.4 Å². The molecule has 1 saturated heterocycles. The van der Waals surface area contributed by atoms with Crippen LogP contribution in [0.5, 0.6) is 5.88 Å². The molecule has 0 saturated carbocycles. The van der Waals surface area contributed by atoms with E-state index in [1.165, 1.54) is 6.33 Å². The SMILES string of the molecule is O=C(COc1ncnc2sc(-c3ccccc3)cc12)NC[C@@H]1CCCO1. The molecule has 0 aliphatic carbocycles. The first kappa shape index (κ1) is 16.9. The van der Waals surface area contributed by atoms with Gasteiger partial charge in [-0.25, -0.2) is 9.97 Å². The molecule has 26 heavy (non-hydrogen) atoms. The quantitative estimate of drug-likeness (QED) is 0.723. The Labute approximate surface area is 155 Å². The fourth-order valence-electron chi connectivity index (χ4n) is 2.91. The Balaban J connectivity index is 1.43. The van der Waals surface area contributed by atoms with Crippen LogP contribution in [0.2, 0.25) is 0 Å². The van der Waals surface area contributed by atoms with E-state index in [2.05, 4.69) is 27.4 Å². The summed E-state index contributed by atoms with van der Waals surface area (Å²) in [6.45, 7) is 1.23. The zero-order chi connectivity index (χ0) is 17.8. The minimum atomic E-state index is -0.175. The molecule has 1 aliphatic rings. The number of nitrogens with one attached hydrogen (secondary N) is 1. The second-order valence-corrected chi connectivity index (χ2v) is 7.13. The summed E-state index contributed by atoms with van der Waals surface area (Å²) in [6.07, 6.45) is 3.63. The van der Waals surface area contributed by atoms with Crippen LogP contribution >= 0.6 is 11.3 Å². The average molecular weight is 369 g/mol. The van der Waals surface area contributed by atoms with Crippen LogP contribution in [-0.4, -0.2) is 41.7 Å². The summed E-state index contributed by atoms with van der Waals surface area (Å²) in [4.78, 5) is 22.4. The van der Waals surface area contributed by atoms with Crippen molar-refractivity contribution in [2.45, 2.75) is 18.9 Å². The summed E-state index contributed by atoms with van der Waals surface area (Å²) >= 11 is 1.58. The summed E-state index contributed by atoms with van der Waals surface area (Å²) in [5.41, 5.74) is 1.12. The van der Waals surface area contributed by atoms with Gasteiger partial charge in [-0.15, -0.1) is 11.3 Å². The molecule has 2 aromatic heterocycles. The molecule has 6 nitrogen and oxygen atoms in total. The topological polar surface area (TPSA) is 73.3 Å². The van der Waals surface area contributed by atoms with Crippen LogP contribution in [0.25, 0.3) is 20.7 Å². The van der Waals surface area contributed by atoms with E-state index in [0.717, 1.165) is 40.1 Å². The Morgan fingerprint density at radius 2 is 2.19 bits per heavy atom. The van der Waals surface area contributed by atoms with Crippen molar-refractivity contribution < 1.29 is 14.3 Å². The maximum absolute atomic E-state index is 12.0. The van der Waals surface area contributed by atoms with E-state index in [9.17, 15) is 4.79 Å². The Hall–Kier alpha value is -2.51. The number of aromatic nitrogens is 2. The van der Waals surface area contributed by atoms with Crippen molar-refractivity contribution in [1.82, 2.24) is 15.3 Å². The second kappa shape index (κ2) is 7.80. The minimum absolute atomic E-state index is 0.0741. The zero-order valence-corrected chi connectivity index (χ0v) is 15.0. The third kappa shape index (κ3) is 3.84. The van der Waals surface area contributed by atoms with Crippen molar-refractivity contribution in [3.8, 4) is 16.3 Å². The van der Waals surface area contributed by atoms with E-state index < -0.39 is 0 Å². The number of fused-ring (bicyclic) bond motifs is 1. The van der Waals surface area contributed by atoms with Crippen molar-refractivity contribution in [3.63, 3.8) is 0 Å². The molecule has 3 aromatic rings. The fourth-order valence-corrected chi connectivity index (χ4v) is 3.91. The lowest BCUT2D eigenvalue weighted by Crippen LogP contribution is -2.35. The van der Waals surface area contributed by atoms with Gasteiger partial charge in [-0.2, -0.15) is 0 Å². The third-order valence-electron chi connectivity index (χ3n) is 4.24. The van der Waals surface area contributed by atoms with Gasteiger partial charge in [-0.3, -0.25) is 4.79 Å². The van der Waals surface area contributed by atoms with Crippen LogP contribution < -0.4 is 10.1 Å². The highest BCUT2D eigenvalue weighted by Gasteiger charge is 2.17. The predicted molar refractivity (Wildman–Crippen MR) is 100 cm³/mol. The maximum Gasteiger partial charge on any atom is 0.258 e. The van der Waals surface area contributed by atoms with Crippen LogP contribution in [0.3, 0.4) is 0 Å². The van der Waals surface area contributed by atoms with Crippen molar-refractivity contribution >= 4 is 27.5 Å². The zero-order valence-electron chi connectivity index (χ0n) is 14.2. The largest absolute Gasteiger partial charge is 0.467 e. The molecule has 1 aliphatic heterocycles. The average Bonchev–Trinajstić information content (AvgIpc) is 3.35. The van der Waals surface area contributed by atoms with Gasteiger partial charge in [0.25, 0.3) is 5.91 Å². The Kier molecular flexibility index (Phi) is 5.08. The normalized spacial score (nSPS) is 16.7. The van der Waals surface area contributed by atoms with Gasteiger partial charge >= 0.3 is 0 Å². The summed E-state index contributed by atoms with van der Waals surface area (Å²) < 4.78 is 11.1. The number of carbonyl (C=O) groups excluding carboxylic acids is 1. The predicted octanol–water partition coefficient (Wildman–Crippen LogP) is 3.03. The van der Waals surface area contributed by atoms with Gasteiger partial charge in [-0.1, -0.05) is 30.3 Å². The standard InChI is InChI=1S/C19H19N3O3S/c23-17(20-10-14-7-4-8-24-14)11-25-18-15-9-16(13-5-2-1-3-6-13)26-19(15)22-12-21-18/h1-3,5-6,9,12,14H,4,7-8,10-11H2,(H,20,23)/t14-/m0/s1. The molecule has 4 rings (SSSR count). The van der Waals surface area contributed by atoms with Crippen LogP contribution in [0.15, 0.2) is 42.7 Å². The lowest BCUT2D eigenvalue weighted by Gasteiger charge is -2.11. The first-order valence-corrected chi connectivity index (χ1v) is 9.42. The molecular weight excluding hydrogens is 350 g/mol. The molecule has 1 atom stereocenters. The van der Waals surface area contributed by atoms with Crippen molar-refractivity contribution in [2.24, 2.45) is 0 Å². The van der Waals surface area contributed by atoms with Crippen LogP contribution in [0.4, 0.5) is 0 Å². The molecule has 0 radical (unpaired) electrons. The number of thiophene rings is 1. The Morgan fingerprint density at radius 3 is 3.00 bits per heavy atom. The molecule has 0 bridgehead atoms. The van der Waals surface area contributed by atoms with Gasteiger partial charge in [0, 0.05) is 18.0 Å².